The van der Waals surface area contributed by atoms with Crippen molar-refractivity contribution in [3.05, 3.63) is 34.4 Å². The van der Waals surface area contributed by atoms with Crippen LogP contribution in [-0.2, 0) is 4.74 Å². The minimum atomic E-state index is -0.706. The summed E-state index contributed by atoms with van der Waals surface area (Å²) >= 11 is 0. The van der Waals surface area contributed by atoms with E-state index in [1.165, 1.54) is 19.2 Å². The summed E-state index contributed by atoms with van der Waals surface area (Å²) in [5, 5.41) is 0. The number of carbonyl (C=O) groups excluding carboxylic acids is 4. The molecule has 0 aliphatic heterocycles. The maximum atomic E-state index is 11.5. The van der Waals surface area contributed by atoms with E-state index in [0.717, 1.165) is 0 Å². The van der Waals surface area contributed by atoms with Crippen molar-refractivity contribution < 1.29 is 23.9 Å². The molecule has 0 N–H and O–H groups in total. The highest BCUT2D eigenvalue weighted by atomic mass is 16.5. The smallest absolute Gasteiger partial charge is 0.338 e. The summed E-state index contributed by atoms with van der Waals surface area (Å²) in [6, 6.07) is 2.51. The predicted octanol–water partition coefficient (Wildman–Crippen LogP) is 1.05. The standard InChI is InChI=1S/C12H8O5/c1-17-12(16)7-3-9-8(2-6(7)5-13)10(14)4-11(9)15/h2-3,5H,4H2,1H3. The minimum Gasteiger partial charge on any atom is -0.465 e. The Morgan fingerprint density at radius 2 is 1.82 bits per heavy atom. The van der Waals surface area contributed by atoms with Crippen molar-refractivity contribution in [3.8, 4) is 0 Å². The van der Waals surface area contributed by atoms with Gasteiger partial charge in [0.05, 0.1) is 19.1 Å². The van der Waals surface area contributed by atoms with Gasteiger partial charge in [0.2, 0.25) is 0 Å². The minimum absolute atomic E-state index is 0.00398. The van der Waals surface area contributed by atoms with E-state index in [9.17, 15) is 19.2 Å². The van der Waals surface area contributed by atoms with E-state index in [-0.39, 0.29) is 40.2 Å². The Hall–Kier alpha value is -2.30. The molecule has 17 heavy (non-hydrogen) atoms. The Labute approximate surface area is 96.4 Å². The fourth-order valence-corrected chi connectivity index (χ4v) is 1.80. The average Bonchev–Trinajstić information content (AvgIpc) is 2.62. The molecule has 5 nitrogen and oxygen atoms in total. The van der Waals surface area contributed by atoms with Gasteiger partial charge in [0.1, 0.15) is 0 Å². The number of esters is 1. The van der Waals surface area contributed by atoms with Crippen LogP contribution in [0.3, 0.4) is 0 Å². The highest BCUT2D eigenvalue weighted by Crippen LogP contribution is 2.25. The second kappa shape index (κ2) is 3.93. The second-order valence-electron chi connectivity index (χ2n) is 3.62. The van der Waals surface area contributed by atoms with Crippen LogP contribution in [0.5, 0.6) is 0 Å². The number of benzene rings is 1. The number of Topliss-reactive ketones (excluding diaryl/α,β-unsaturated/α-hetero) is 2. The van der Waals surface area contributed by atoms with Crippen LogP contribution in [0.25, 0.3) is 0 Å². The Balaban J connectivity index is 2.68. The van der Waals surface area contributed by atoms with E-state index in [0.29, 0.717) is 6.29 Å². The zero-order chi connectivity index (χ0) is 12.6. The van der Waals surface area contributed by atoms with Crippen LogP contribution >= 0.6 is 0 Å². The molecule has 0 amide bonds. The molecule has 0 spiro atoms. The third-order valence-electron chi connectivity index (χ3n) is 2.64. The van der Waals surface area contributed by atoms with Gasteiger partial charge in [0.15, 0.2) is 17.9 Å². The molecule has 0 bridgehead atoms. The SMILES string of the molecule is COC(=O)c1cc2c(cc1C=O)C(=O)CC2=O. The van der Waals surface area contributed by atoms with Gasteiger partial charge in [-0.2, -0.15) is 0 Å². The topological polar surface area (TPSA) is 77.5 Å². The number of hydrogen-bond acceptors (Lipinski definition) is 5. The van der Waals surface area contributed by atoms with Gasteiger partial charge < -0.3 is 4.74 Å². The lowest BCUT2D eigenvalue weighted by Gasteiger charge is -2.05. The van der Waals surface area contributed by atoms with Gasteiger partial charge >= 0.3 is 5.97 Å². The van der Waals surface area contributed by atoms with Gasteiger partial charge in [-0.05, 0) is 12.1 Å². The maximum absolute atomic E-state index is 11.5. The molecule has 1 aromatic rings. The first-order valence-electron chi connectivity index (χ1n) is 4.86. The quantitative estimate of drug-likeness (QED) is 0.432. The molecule has 1 aliphatic carbocycles. The van der Waals surface area contributed by atoms with Crippen molar-refractivity contribution in [2.75, 3.05) is 7.11 Å². The van der Waals surface area contributed by atoms with E-state index in [1.54, 1.807) is 0 Å². The van der Waals surface area contributed by atoms with Crippen molar-refractivity contribution >= 4 is 23.8 Å². The van der Waals surface area contributed by atoms with Gasteiger partial charge in [-0.15, -0.1) is 0 Å². The summed E-state index contributed by atoms with van der Waals surface area (Å²) in [4.78, 5) is 45.2. The number of fused-ring (bicyclic) bond motifs is 1. The van der Waals surface area contributed by atoms with Crippen LogP contribution in [0.4, 0.5) is 0 Å². The first-order valence-corrected chi connectivity index (χ1v) is 4.86. The van der Waals surface area contributed by atoms with E-state index in [2.05, 4.69) is 4.74 Å². The highest BCUT2D eigenvalue weighted by Gasteiger charge is 2.29. The molecule has 0 unspecified atom stereocenters. The maximum Gasteiger partial charge on any atom is 0.338 e. The van der Waals surface area contributed by atoms with Crippen molar-refractivity contribution in [1.82, 2.24) is 0 Å². The zero-order valence-corrected chi connectivity index (χ0v) is 8.98. The summed E-state index contributed by atoms with van der Waals surface area (Å²) < 4.78 is 4.51. The molecule has 0 radical (unpaired) electrons. The van der Waals surface area contributed by atoms with Gasteiger partial charge in [-0.1, -0.05) is 0 Å². The molecule has 0 saturated carbocycles. The first kappa shape index (κ1) is 11.2. The third kappa shape index (κ3) is 1.65. The molecule has 0 saturated heterocycles. The molecule has 0 atom stereocenters. The van der Waals surface area contributed by atoms with Gasteiger partial charge in [-0.3, -0.25) is 14.4 Å². The van der Waals surface area contributed by atoms with E-state index in [4.69, 9.17) is 0 Å². The first-order chi connectivity index (χ1) is 8.08. The summed E-state index contributed by atoms with van der Waals surface area (Å²) in [7, 11) is 1.18. The van der Waals surface area contributed by atoms with Crippen LogP contribution in [-0.4, -0.2) is 30.9 Å². The summed E-state index contributed by atoms with van der Waals surface area (Å²) in [5.41, 5.74) is 0.439. The van der Waals surface area contributed by atoms with Gasteiger partial charge in [0, 0.05) is 16.7 Å². The lowest BCUT2D eigenvalue weighted by molar-refractivity contribution is 0.0598. The van der Waals surface area contributed by atoms with Crippen molar-refractivity contribution in [2.45, 2.75) is 6.42 Å². The Morgan fingerprint density at radius 3 is 2.35 bits per heavy atom. The van der Waals surface area contributed by atoms with Crippen LogP contribution < -0.4 is 0 Å². The average molecular weight is 232 g/mol. The Bertz CT molecular complexity index is 556. The number of rotatable bonds is 2. The predicted molar refractivity (Wildman–Crippen MR) is 56.4 cm³/mol. The zero-order valence-electron chi connectivity index (χ0n) is 8.98. The molecular formula is C12H8O5. The molecule has 1 aliphatic rings. The van der Waals surface area contributed by atoms with Crippen molar-refractivity contribution in [3.63, 3.8) is 0 Å². The van der Waals surface area contributed by atoms with Gasteiger partial charge in [-0.25, -0.2) is 4.79 Å². The monoisotopic (exact) mass is 232 g/mol. The molecule has 0 aromatic heterocycles. The molecule has 0 fully saturated rings. The largest absolute Gasteiger partial charge is 0.465 e. The van der Waals surface area contributed by atoms with Crippen LogP contribution in [0, 0.1) is 0 Å². The van der Waals surface area contributed by atoms with E-state index in [1.807, 2.05) is 0 Å². The normalized spacial score (nSPS) is 13.5. The molecule has 5 heteroatoms. The number of methoxy groups -OCH3 is 1. The Kier molecular flexibility index (Phi) is 2.59. The van der Waals surface area contributed by atoms with Gasteiger partial charge in [0.25, 0.3) is 0 Å². The third-order valence-corrected chi connectivity index (χ3v) is 2.64. The van der Waals surface area contributed by atoms with Crippen LogP contribution in [0.15, 0.2) is 12.1 Å². The lowest BCUT2D eigenvalue weighted by Crippen LogP contribution is -2.08. The van der Waals surface area contributed by atoms with Crippen molar-refractivity contribution in [1.29, 1.82) is 0 Å². The number of ether oxygens (including phenoxy) is 1. The Morgan fingerprint density at radius 1 is 1.24 bits per heavy atom. The lowest BCUT2D eigenvalue weighted by atomic mass is 10.0. The number of carbonyl (C=O) groups is 4. The number of ketones is 2. The molecule has 86 valence electrons. The van der Waals surface area contributed by atoms with E-state index < -0.39 is 5.97 Å². The van der Waals surface area contributed by atoms with Crippen molar-refractivity contribution in [2.24, 2.45) is 0 Å². The molecule has 2 rings (SSSR count). The molecule has 0 heterocycles. The summed E-state index contributed by atoms with van der Waals surface area (Å²) in [6.45, 7) is 0. The fourth-order valence-electron chi connectivity index (χ4n) is 1.80. The highest BCUT2D eigenvalue weighted by molar-refractivity contribution is 6.25. The number of aldehydes is 1. The van der Waals surface area contributed by atoms with Crippen LogP contribution in [0.2, 0.25) is 0 Å². The summed E-state index contributed by atoms with van der Waals surface area (Å²) in [5.74, 6) is -1.38. The van der Waals surface area contributed by atoms with Crippen LogP contribution in [0.1, 0.15) is 47.9 Å². The molecular weight excluding hydrogens is 224 g/mol. The second-order valence-corrected chi connectivity index (χ2v) is 3.62. The molecule has 1 aromatic carbocycles. The number of hydrogen-bond donors (Lipinski definition) is 0. The van der Waals surface area contributed by atoms with E-state index >= 15 is 0 Å². The summed E-state index contributed by atoms with van der Waals surface area (Å²) in [6.07, 6.45) is 0.251. The fraction of sp³-hybridized carbons (Fsp3) is 0.167.